The normalized spacial score (nSPS) is 13.9. The van der Waals surface area contributed by atoms with Gasteiger partial charge in [-0.1, -0.05) is 13.8 Å². The van der Waals surface area contributed by atoms with E-state index in [-0.39, 0.29) is 46.6 Å². The third-order valence-electron chi connectivity index (χ3n) is 5.77. The fraction of sp³-hybridized carbons (Fsp3) is 0.444. The molecule has 9 heteroatoms. The van der Waals surface area contributed by atoms with Gasteiger partial charge < -0.3 is 24.1 Å². The Morgan fingerprint density at radius 2 is 1.94 bits per heavy atom. The van der Waals surface area contributed by atoms with Crippen LogP contribution in [-0.2, 0) is 16.1 Å². The van der Waals surface area contributed by atoms with E-state index in [1.807, 2.05) is 13.8 Å². The zero-order valence-electron chi connectivity index (χ0n) is 21.4. The van der Waals surface area contributed by atoms with Gasteiger partial charge >= 0.3 is 11.9 Å². The molecule has 0 bridgehead atoms. The van der Waals surface area contributed by atoms with E-state index in [2.05, 4.69) is 22.0 Å². The molecule has 0 spiro atoms. The molecule has 2 aromatic rings. The molecule has 0 aliphatic carbocycles. The Morgan fingerprint density at radius 1 is 1.28 bits per heavy atom. The molecular formula is C27H30BrNO7. The lowest BCUT2D eigenvalue weighted by molar-refractivity contribution is -0.143. The number of fused-ring (bicyclic) bond motifs is 2. The van der Waals surface area contributed by atoms with Gasteiger partial charge in [0.05, 0.1) is 24.2 Å². The third kappa shape index (κ3) is 5.20. The maximum Gasteiger partial charge on any atom is 0.346 e. The topological polar surface area (TPSA) is 115 Å². The van der Waals surface area contributed by atoms with Crippen LogP contribution in [0.15, 0.2) is 16.6 Å². The first-order valence-corrected chi connectivity index (χ1v) is 12.3. The van der Waals surface area contributed by atoms with Crippen LogP contribution in [0.1, 0.15) is 79.8 Å². The summed E-state index contributed by atoms with van der Waals surface area (Å²) < 4.78 is 23.6. The van der Waals surface area contributed by atoms with Crippen LogP contribution < -0.4 is 14.2 Å². The third-order valence-corrected chi connectivity index (χ3v) is 6.84. The number of aliphatic hydroxyl groups excluding tert-OH is 1. The number of halogens is 1. The summed E-state index contributed by atoms with van der Waals surface area (Å²) in [7, 11) is 1.39. The van der Waals surface area contributed by atoms with Crippen molar-refractivity contribution in [1.29, 1.82) is 5.26 Å². The molecule has 1 aliphatic rings. The number of hydrogen-bond donors (Lipinski definition) is 1. The van der Waals surface area contributed by atoms with Crippen molar-refractivity contribution in [3.05, 3.63) is 44.4 Å². The van der Waals surface area contributed by atoms with Crippen molar-refractivity contribution in [3.8, 4) is 29.1 Å². The van der Waals surface area contributed by atoms with Crippen molar-refractivity contribution in [2.75, 3.05) is 7.11 Å². The predicted molar refractivity (Wildman–Crippen MR) is 135 cm³/mol. The number of nitriles is 1. The van der Waals surface area contributed by atoms with Gasteiger partial charge in [-0.05, 0) is 73.7 Å². The van der Waals surface area contributed by atoms with Crippen LogP contribution >= 0.6 is 15.9 Å². The summed E-state index contributed by atoms with van der Waals surface area (Å²) in [5.41, 5.74) is 0.600. The van der Waals surface area contributed by atoms with E-state index >= 15 is 0 Å². The van der Waals surface area contributed by atoms with E-state index in [1.54, 1.807) is 33.8 Å². The highest BCUT2D eigenvalue weighted by molar-refractivity contribution is 9.10. The summed E-state index contributed by atoms with van der Waals surface area (Å²) >= 11 is 3.48. The number of cyclic esters (lactones) is 1. The smallest absolute Gasteiger partial charge is 0.346 e. The first-order valence-electron chi connectivity index (χ1n) is 11.5. The average molecular weight is 560 g/mol. The molecule has 3 rings (SSSR count). The molecule has 0 amide bonds. The summed E-state index contributed by atoms with van der Waals surface area (Å²) in [6.07, 6.45) is -0.417. The minimum Gasteiger partial charge on any atom is -0.495 e. The number of nitrogens with zero attached hydrogens (tertiary/aromatic N) is 1. The zero-order valence-corrected chi connectivity index (χ0v) is 23.0. The fourth-order valence-electron chi connectivity index (χ4n) is 3.81. The molecular weight excluding hydrogens is 530 g/mol. The standard InChI is InChI=1S/C27H30BrNO7/c1-13(2)10-18(30)15-8-9-19-20(22(15)33-7)25(31)34-12-17-21(28)14(3)16(11-29)23(24(17)35-19)36-26(32)27(4,5)6/h8-9,13,18,30H,10,12H2,1-7H3/t18-/m0/s1. The second-order valence-corrected chi connectivity index (χ2v) is 10.9. The number of esters is 2. The van der Waals surface area contributed by atoms with E-state index in [0.29, 0.717) is 27.6 Å². The number of methoxy groups -OCH3 is 1. The molecule has 2 aromatic carbocycles. The van der Waals surface area contributed by atoms with Gasteiger partial charge in [-0.2, -0.15) is 5.26 Å². The van der Waals surface area contributed by atoms with Gasteiger partial charge in [-0.3, -0.25) is 4.79 Å². The first-order chi connectivity index (χ1) is 16.8. The maximum atomic E-state index is 13.1. The van der Waals surface area contributed by atoms with Crippen LogP contribution in [0.4, 0.5) is 0 Å². The van der Waals surface area contributed by atoms with Crippen LogP contribution in [0.5, 0.6) is 23.0 Å². The molecule has 192 valence electrons. The number of carbonyl (C=O) groups is 2. The highest BCUT2D eigenvalue weighted by Gasteiger charge is 2.34. The molecule has 1 N–H and O–H groups in total. The van der Waals surface area contributed by atoms with Crippen molar-refractivity contribution < 1.29 is 33.6 Å². The number of rotatable bonds is 5. The van der Waals surface area contributed by atoms with Crippen LogP contribution in [0.3, 0.4) is 0 Å². The molecule has 36 heavy (non-hydrogen) atoms. The minimum absolute atomic E-state index is 0.00763. The second kappa shape index (κ2) is 10.5. The van der Waals surface area contributed by atoms with Crippen LogP contribution in [-0.4, -0.2) is 24.2 Å². The van der Waals surface area contributed by atoms with Crippen molar-refractivity contribution in [1.82, 2.24) is 0 Å². The van der Waals surface area contributed by atoms with Crippen molar-refractivity contribution in [2.24, 2.45) is 11.3 Å². The van der Waals surface area contributed by atoms with Gasteiger partial charge in [0, 0.05) is 10.0 Å². The Morgan fingerprint density at radius 3 is 2.50 bits per heavy atom. The minimum atomic E-state index is -0.874. The molecule has 1 atom stereocenters. The molecule has 0 saturated carbocycles. The lowest BCUT2D eigenvalue weighted by Gasteiger charge is -2.26. The number of aliphatic hydroxyl groups is 1. The predicted octanol–water partition coefficient (Wildman–Crippen LogP) is 6.13. The molecule has 0 unspecified atom stereocenters. The van der Waals surface area contributed by atoms with E-state index in [9.17, 15) is 20.0 Å². The van der Waals surface area contributed by atoms with Crippen molar-refractivity contribution in [3.63, 3.8) is 0 Å². The summed E-state index contributed by atoms with van der Waals surface area (Å²) in [4.78, 5) is 26.0. The lowest BCUT2D eigenvalue weighted by atomic mass is 9.96. The van der Waals surface area contributed by atoms with Crippen molar-refractivity contribution >= 4 is 27.9 Å². The number of hydrogen-bond acceptors (Lipinski definition) is 8. The SMILES string of the molecule is COc1c([C@@H](O)CC(C)C)ccc2c1C(=O)OCc1c(Br)c(C)c(C#N)c(OC(=O)C(C)(C)C)c1O2. The Kier molecular flexibility index (Phi) is 8.01. The second-order valence-electron chi connectivity index (χ2n) is 10.1. The zero-order chi connectivity index (χ0) is 26.9. The number of ether oxygens (including phenoxy) is 4. The van der Waals surface area contributed by atoms with Gasteiger partial charge in [-0.25, -0.2) is 4.79 Å². The number of carbonyl (C=O) groups excluding carboxylic acids is 2. The molecule has 0 fully saturated rings. The van der Waals surface area contributed by atoms with E-state index in [0.717, 1.165) is 0 Å². The van der Waals surface area contributed by atoms with Gasteiger partial charge in [0.2, 0.25) is 0 Å². The van der Waals surface area contributed by atoms with E-state index in [1.165, 1.54) is 13.2 Å². The summed E-state index contributed by atoms with van der Waals surface area (Å²) in [6, 6.07) is 5.24. The summed E-state index contributed by atoms with van der Waals surface area (Å²) in [5.74, 6) is -0.830. The van der Waals surface area contributed by atoms with E-state index in [4.69, 9.17) is 18.9 Å². The molecule has 1 heterocycles. The molecule has 1 aliphatic heterocycles. The van der Waals surface area contributed by atoms with Crippen LogP contribution in [0, 0.1) is 29.6 Å². The van der Waals surface area contributed by atoms with Gasteiger partial charge in [0.25, 0.3) is 0 Å². The lowest BCUT2D eigenvalue weighted by Crippen LogP contribution is -2.26. The molecule has 0 radical (unpaired) electrons. The number of benzene rings is 2. The summed E-state index contributed by atoms with van der Waals surface area (Å²) in [5, 5.41) is 20.7. The molecule has 8 nitrogen and oxygen atoms in total. The Hall–Kier alpha value is -3.09. The Balaban J connectivity index is 2.27. The van der Waals surface area contributed by atoms with Gasteiger partial charge in [0.1, 0.15) is 35.3 Å². The quantitative estimate of drug-likeness (QED) is 0.343. The Labute approximate surface area is 219 Å². The highest BCUT2D eigenvalue weighted by Crippen LogP contribution is 2.49. The maximum absolute atomic E-state index is 13.1. The highest BCUT2D eigenvalue weighted by atomic mass is 79.9. The van der Waals surface area contributed by atoms with Gasteiger partial charge in [-0.15, -0.1) is 0 Å². The van der Waals surface area contributed by atoms with Crippen LogP contribution in [0.25, 0.3) is 0 Å². The van der Waals surface area contributed by atoms with E-state index < -0.39 is 23.5 Å². The average Bonchev–Trinajstić information content (AvgIpc) is 2.79. The largest absolute Gasteiger partial charge is 0.495 e. The van der Waals surface area contributed by atoms with Gasteiger partial charge in [0.15, 0.2) is 11.5 Å². The summed E-state index contributed by atoms with van der Waals surface area (Å²) in [6.45, 7) is 10.5. The first kappa shape index (κ1) is 27.5. The molecule has 0 aromatic heterocycles. The fourth-order valence-corrected chi connectivity index (χ4v) is 4.30. The monoisotopic (exact) mass is 559 g/mol. The Bertz CT molecular complexity index is 1250. The van der Waals surface area contributed by atoms with Crippen LogP contribution in [0.2, 0.25) is 0 Å². The van der Waals surface area contributed by atoms with Crippen molar-refractivity contribution in [2.45, 2.75) is 60.7 Å². The molecule has 0 saturated heterocycles.